The van der Waals surface area contributed by atoms with Crippen molar-refractivity contribution in [2.24, 2.45) is 0 Å². The number of allylic oxidation sites excluding steroid dienone is 4. The maximum Gasteiger partial charge on any atom is -0.00580 e. The average Bonchev–Trinajstić information content (AvgIpc) is 2.52. The highest BCUT2D eigenvalue weighted by Crippen LogP contribution is 2.33. The SMILES string of the molecule is CC1=C(Cc2ccccc2)[CH]CC=C1c1ccc(C)cc1. The molecule has 0 saturated carbocycles. The van der Waals surface area contributed by atoms with E-state index in [1.54, 1.807) is 0 Å². The lowest BCUT2D eigenvalue weighted by atomic mass is 9.85. The predicted molar refractivity (Wildman–Crippen MR) is 90.9 cm³/mol. The molecule has 0 aliphatic heterocycles. The van der Waals surface area contributed by atoms with E-state index in [0.29, 0.717) is 0 Å². The van der Waals surface area contributed by atoms with E-state index in [4.69, 9.17) is 0 Å². The zero-order valence-electron chi connectivity index (χ0n) is 12.8. The molecule has 0 heterocycles. The highest BCUT2D eigenvalue weighted by molar-refractivity contribution is 5.81. The Balaban J connectivity index is 1.89. The molecule has 0 spiro atoms. The fourth-order valence-corrected chi connectivity index (χ4v) is 2.89. The van der Waals surface area contributed by atoms with Gasteiger partial charge in [0.05, 0.1) is 0 Å². The molecule has 0 aromatic heterocycles. The van der Waals surface area contributed by atoms with Gasteiger partial charge in [-0.3, -0.25) is 0 Å². The highest BCUT2D eigenvalue weighted by atomic mass is 14.2. The van der Waals surface area contributed by atoms with Crippen molar-refractivity contribution in [3.05, 3.63) is 94.9 Å². The third-order valence-corrected chi connectivity index (χ3v) is 4.17. The van der Waals surface area contributed by atoms with Crippen LogP contribution < -0.4 is 0 Å². The van der Waals surface area contributed by atoms with Crippen LogP contribution in [0.4, 0.5) is 0 Å². The molecule has 0 atom stereocenters. The van der Waals surface area contributed by atoms with Crippen molar-refractivity contribution in [2.75, 3.05) is 0 Å². The number of rotatable bonds is 3. The van der Waals surface area contributed by atoms with Gasteiger partial charge in [0.1, 0.15) is 0 Å². The van der Waals surface area contributed by atoms with Crippen molar-refractivity contribution >= 4 is 5.57 Å². The summed E-state index contributed by atoms with van der Waals surface area (Å²) in [6.07, 6.45) is 6.76. The minimum Gasteiger partial charge on any atom is -0.0758 e. The second-order valence-corrected chi connectivity index (χ2v) is 5.74. The lowest BCUT2D eigenvalue weighted by Crippen LogP contribution is -2.02. The summed E-state index contributed by atoms with van der Waals surface area (Å²) in [5.41, 5.74) is 8.29. The van der Waals surface area contributed by atoms with Crippen molar-refractivity contribution in [3.8, 4) is 0 Å². The van der Waals surface area contributed by atoms with E-state index in [1.165, 1.54) is 33.4 Å². The summed E-state index contributed by atoms with van der Waals surface area (Å²) in [4.78, 5) is 0. The van der Waals surface area contributed by atoms with Gasteiger partial charge in [0.2, 0.25) is 0 Å². The Morgan fingerprint density at radius 1 is 0.857 bits per heavy atom. The standard InChI is InChI=1S/C21H21/c1-16-11-13-19(14-12-16)21-10-6-9-20(17(21)2)15-18-7-4-3-5-8-18/h3-5,7-14H,6,15H2,1-2H3. The fourth-order valence-electron chi connectivity index (χ4n) is 2.89. The van der Waals surface area contributed by atoms with Gasteiger partial charge in [-0.2, -0.15) is 0 Å². The minimum absolute atomic E-state index is 1.02. The molecule has 2 aromatic rings. The van der Waals surface area contributed by atoms with Gasteiger partial charge in [-0.15, -0.1) is 0 Å². The number of aryl methyl sites for hydroxylation is 1. The summed E-state index contributed by atoms with van der Waals surface area (Å²) in [6.45, 7) is 4.38. The normalized spacial score (nSPS) is 15.0. The molecule has 0 fully saturated rings. The Hall–Kier alpha value is -2.08. The smallest absolute Gasteiger partial charge is 0.00580 e. The first kappa shape index (κ1) is 13.9. The molecule has 0 unspecified atom stereocenters. The Morgan fingerprint density at radius 3 is 2.29 bits per heavy atom. The van der Waals surface area contributed by atoms with Crippen LogP contribution in [-0.2, 0) is 6.42 Å². The average molecular weight is 273 g/mol. The molecule has 1 radical (unpaired) electrons. The van der Waals surface area contributed by atoms with E-state index < -0.39 is 0 Å². The first-order chi connectivity index (χ1) is 10.2. The van der Waals surface area contributed by atoms with E-state index in [-0.39, 0.29) is 0 Å². The topological polar surface area (TPSA) is 0 Å². The predicted octanol–water partition coefficient (Wildman–Crippen LogP) is 5.55. The number of hydrogen-bond donors (Lipinski definition) is 0. The lowest BCUT2D eigenvalue weighted by molar-refractivity contribution is 1.05. The van der Waals surface area contributed by atoms with Gasteiger partial charge >= 0.3 is 0 Å². The molecule has 0 heteroatoms. The summed E-state index contributed by atoms with van der Waals surface area (Å²) >= 11 is 0. The van der Waals surface area contributed by atoms with Gasteiger partial charge in [0.15, 0.2) is 0 Å². The molecule has 0 amide bonds. The molecular formula is C21H21. The van der Waals surface area contributed by atoms with Crippen LogP contribution in [-0.4, -0.2) is 0 Å². The molecule has 0 bridgehead atoms. The zero-order valence-corrected chi connectivity index (χ0v) is 12.8. The molecule has 0 N–H and O–H groups in total. The van der Waals surface area contributed by atoms with E-state index in [9.17, 15) is 0 Å². The van der Waals surface area contributed by atoms with E-state index in [1.807, 2.05) is 0 Å². The molecule has 0 saturated heterocycles. The van der Waals surface area contributed by atoms with Crippen LogP contribution in [0.3, 0.4) is 0 Å². The van der Waals surface area contributed by atoms with Crippen LogP contribution in [0.1, 0.15) is 30.0 Å². The maximum atomic E-state index is 2.36. The molecule has 3 rings (SSSR count). The molecule has 0 nitrogen and oxygen atoms in total. The van der Waals surface area contributed by atoms with Gasteiger partial charge in [0, 0.05) is 0 Å². The largest absolute Gasteiger partial charge is 0.0758 e. The number of hydrogen-bond acceptors (Lipinski definition) is 0. The minimum atomic E-state index is 1.02. The Bertz CT molecular complexity index is 670. The molecule has 21 heavy (non-hydrogen) atoms. The van der Waals surface area contributed by atoms with Crippen LogP contribution in [0.15, 0.2) is 71.8 Å². The first-order valence-corrected chi connectivity index (χ1v) is 7.58. The van der Waals surface area contributed by atoms with Crippen molar-refractivity contribution in [2.45, 2.75) is 26.7 Å². The Kier molecular flexibility index (Phi) is 4.06. The van der Waals surface area contributed by atoms with Crippen LogP contribution in [0, 0.1) is 13.3 Å². The first-order valence-electron chi connectivity index (χ1n) is 7.58. The molecular weight excluding hydrogens is 252 g/mol. The third-order valence-electron chi connectivity index (χ3n) is 4.17. The van der Waals surface area contributed by atoms with Crippen molar-refractivity contribution in [1.29, 1.82) is 0 Å². The lowest BCUT2D eigenvalue weighted by Gasteiger charge is -2.20. The van der Waals surface area contributed by atoms with Crippen LogP contribution in [0.2, 0.25) is 0 Å². The van der Waals surface area contributed by atoms with Crippen LogP contribution >= 0.6 is 0 Å². The van der Waals surface area contributed by atoms with Gasteiger partial charge < -0.3 is 0 Å². The zero-order chi connectivity index (χ0) is 14.7. The van der Waals surface area contributed by atoms with E-state index in [2.05, 4.69) is 80.9 Å². The van der Waals surface area contributed by atoms with Crippen LogP contribution in [0.5, 0.6) is 0 Å². The van der Waals surface area contributed by atoms with Crippen LogP contribution in [0.25, 0.3) is 5.57 Å². The van der Waals surface area contributed by atoms with E-state index in [0.717, 1.165) is 12.8 Å². The van der Waals surface area contributed by atoms with Crippen molar-refractivity contribution in [3.63, 3.8) is 0 Å². The summed E-state index contributed by atoms with van der Waals surface area (Å²) in [6, 6.07) is 19.6. The summed E-state index contributed by atoms with van der Waals surface area (Å²) in [5, 5.41) is 0. The molecule has 2 aromatic carbocycles. The van der Waals surface area contributed by atoms with Gasteiger partial charge in [-0.1, -0.05) is 71.8 Å². The second-order valence-electron chi connectivity index (χ2n) is 5.74. The summed E-state index contributed by atoms with van der Waals surface area (Å²) in [5.74, 6) is 0. The Morgan fingerprint density at radius 2 is 1.57 bits per heavy atom. The van der Waals surface area contributed by atoms with Gasteiger partial charge in [-0.05, 0) is 55.4 Å². The van der Waals surface area contributed by atoms with Crippen molar-refractivity contribution in [1.82, 2.24) is 0 Å². The summed E-state index contributed by atoms with van der Waals surface area (Å²) < 4.78 is 0. The van der Waals surface area contributed by atoms with Crippen molar-refractivity contribution < 1.29 is 0 Å². The fraction of sp³-hybridized carbons (Fsp3) is 0.190. The Labute approximate surface area is 127 Å². The quantitative estimate of drug-likeness (QED) is 0.688. The molecule has 1 aliphatic carbocycles. The molecule has 1 aliphatic rings. The molecule has 105 valence electrons. The monoisotopic (exact) mass is 273 g/mol. The van der Waals surface area contributed by atoms with E-state index >= 15 is 0 Å². The third kappa shape index (κ3) is 3.16. The van der Waals surface area contributed by atoms with Gasteiger partial charge in [0.25, 0.3) is 0 Å². The maximum absolute atomic E-state index is 2.36. The number of benzene rings is 2. The highest BCUT2D eigenvalue weighted by Gasteiger charge is 2.14. The second kappa shape index (κ2) is 6.13. The summed E-state index contributed by atoms with van der Waals surface area (Å²) in [7, 11) is 0. The van der Waals surface area contributed by atoms with Gasteiger partial charge in [-0.25, -0.2) is 0 Å².